The first kappa shape index (κ1) is 21.2. The van der Waals surface area contributed by atoms with E-state index in [2.05, 4.69) is 4.74 Å². The van der Waals surface area contributed by atoms with Gasteiger partial charge in [-0.1, -0.05) is 12.1 Å². The van der Waals surface area contributed by atoms with E-state index in [4.69, 9.17) is 15.3 Å². The number of carbonyl (C=O) groups is 2. The summed E-state index contributed by atoms with van der Waals surface area (Å²) in [5, 5.41) is 18.0. The molecule has 0 aliphatic carbocycles. The second-order valence-electron chi connectivity index (χ2n) is 6.96. The quantitative estimate of drug-likeness (QED) is 0.694. The van der Waals surface area contributed by atoms with Crippen LogP contribution >= 0.6 is 0 Å². The molecule has 1 aromatic rings. The molecule has 138 valence electrons. The van der Waals surface area contributed by atoms with Gasteiger partial charge in [-0.05, 0) is 57.7 Å². The van der Waals surface area contributed by atoms with Crippen LogP contribution in [0.1, 0.15) is 49.5 Å². The lowest BCUT2D eigenvalue weighted by Crippen LogP contribution is -2.24. The van der Waals surface area contributed by atoms with Crippen molar-refractivity contribution in [2.45, 2.75) is 45.6 Å². The number of hydrogen-bond acceptors (Lipinski definition) is 6. The molecule has 6 heteroatoms. The molecule has 0 radical (unpaired) electrons. The van der Waals surface area contributed by atoms with Crippen molar-refractivity contribution in [3.05, 3.63) is 35.4 Å². The Hall–Kier alpha value is -2.86. The Labute approximate surface area is 154 Å². The summed E-state index contributed by atoms with van der Waals surface area (Å²) in [6.45, 7) is 5.44. The Morgan fingerprint density at radius 2 is 1.69 bits per heavy atom. The number of ether oxygens (including phenoxy) is 2. The van der Waals surface area contributed by atoms with Crippen molar-refractivity contribution >= 4 is 11.9 Å². The molecular weight excluding hydrogens is 332 g/mol. The Balaban J connectivity index is 2.65. The third-order valence-electron chi connectivity index (χ3n) is 3.75. The van der Waals surface area contributed by atoms with Crippen molar-refractivity contribution in [2.24, 2.45) is 11.8 Å². The molecule has 0 fully saturated rings. The van der Waals surface area contributed by atoms with Gasteiger partial charge in [-0.3, -0.25) is 4.79 Å². The SMILES string of the molecule is COC(=O)C(CCCc1ccc(C(=O)OC(C)(C)C)cc1)C(C#N)C#N. The average Bonchev–Trinajstić information content (AvgIpc) is 2.59. The molecule has 0 N–H and O–H groups in total. The van der Waals surface area contributed by atoms with E-state index in [9.17, 15) is 9.59 Å². The molecule has 0 saturated carbocycles. The van der Waals surface area contributed by atoms with Gasteiger partial charge in [-0.2, -0.15) is 10.5 Å². The number of nitrogens with zero attached hydrogens (tertiary/aromatic N) is 2. The van der Waals surface area contributed by atoms with Crippen LogP contribution < -0.4 is 0 Å². The number of esters is 2. The lowest BCUT2D eigenvalue weighted by molar-refractivity contribution is -0.146. The van der Waals surface area contributed by atoms with E-state index < -0.39 is 23.4 Å². The molecule has 0 amide bonds. The van der Waals surface area contributed by atoms with Gasteiger partial charge in [-0.25, -0.2) is 4.79 Å². The summed E-state index contributed by atoms with van der Waals surface area (Å²) in [5.74, 6) is -2.69. The monoisotopic (exact) mass is 356 g/mol. The molecule has 1 atom stereocenters. The van der Waals surface area contributed by atoms with E-state index in [1.807, 2.05) is 45.0 Å². The fraction of sp³-hybridized carbons (Fsp3) is 0.500. The zero-order chi connectivity index (χ0) is 19.7. The van der Waals surface area contributed by atoms with Crippen LogP contribution in [0, 0.1) is 34.5 Å². The van der Waals surface area contributed by atoms with Gasteiger partial charge in [0.2, 0.25) is 0 Å². The Morgan fingerprint density at radius 3 is 2.15 bits per heavy atom. The molecule has 26 heavy (non-hydrogen) atoms. The predicted octanol–water partition coefficient (Wildman–Crippen LogP) is 3.42. The third-order valence-corrected chi connectivity index (χ3v) is 3.75. The highest BCUT2D eigenvalue weighted by molar-refractivity contribution is 5.89. The number of methoxy groups -OCH3 is 1. The molecule has 1 aromatic carbocycles. The smallest absolute Gasteiger partial charge is 0.338 e. The minimum atomic E-state index is -1.02. The maximum atomic E-state index is 12.0. The summed E-state index contributed by atoms with van der Waals surface area (Å²) in [4.78, 5) is 23.8. The normalized spacial score (nSPS) is 12.0. The fourth-order valence-electron chi connectivity index (χ4n) is 2.45. The Kier molecular flexibility index (Phi) is 7.80. The fourth-order valence-corrected chi connectivity index (χ4v) is 2.45. The third kappa shape index (κ3) is 6.57. The van der Waals surface area contributed by atoms with Gasteiger partial charge in [0.25, 0.3) is 0 Å². The molecule has 0 aliphatic heterocycles. The molecular formula is C20H24N2O4. The molecule has 0 saturated heterocycles. The first-order valence-corrected chi connectivity index (χ1v) is 8.41. The molecule has 1 unspecified atom stereocenters. The predicted molar refractivity (Wildman–Crippen MR) is 94.8 cm³/mol. The number of hydrogen-bond donors (Lipinski definition) is 0. The van der Waals surface area contributed by atoms with Crippen LogP contribution in [0.4, 0.5) is 0 Å². The van der Waals surface area contributed by atoms with Gasteiger partial charge < -0.3 is 9.47 Å². The van der Waals surface area contributed by atoms with Crippen LogP contribution in [0.15, 0.2) is 24.3 Å². The van der Waals surface area contributed by atoms with E-state index in [-0.39, 0.29) is 5.97 Å². The van der Waals surface area contributed by atoms with Crippen LogP contribution in [-0.2, 0) is 20.7 Å². The van der Waals surface area contributed by atoms with Crippen LogP contribution in [0.3, 0.4) is 0 Å². The standard InChI is InChI=1S/C20H24N2O4/c1-20(2,3)26-18(23)15-10-8-14(9-11-15)6-5-7-17(19(24)25-4)16(12-21)13-22/h8-11,16-17H,5-7H2,1-4H3. The van der Waals surface area contributed by atoms with E-state index >= 15 is 0 Å². The highest BCUT2D eigenvalue weighted by Gasteiger charge is 2.28. The maximum absolute atomic E-state index is 12.0. The van der Waals surface area contributed by atoms with E-state index in [1.165, 1.54) is 7.11 Å². The minimum Gasteiger partial charge on any atom is -0.469 e. The number of aryl methyl sites for hydroxylation is 1. The molecule has 0 aromatic heterocycles. The molecule has 0 heterocycles. The number of rotatable bonds is 7. The second kappa shape index (κ2) is 9.58. The summed E-state index contributed by atoms with van der Waals surface area (Å²) < 4.78 is 10.0. The first-order chi connectivity index (χ1) is 12.2. The molecule has 0 aliphatic rings. The maximum Gasteiger partial charge on any atom is 0.338 e. The number of carbonyl (C=O) groups excluding carboxylic acids is 2. The zero-order valence-corrected chi connectivity index (χ0v) is 15.6. The van der Waals surface area contributed by atoms with Crippen molar-refractivity contribution in [2.75, 3.05) is 7.11 Å². The highest BCUT2D eigenvalue weighted by atomic mass is 16.6. The number of nitriles is 2. The lowest BCUT2D eigenvalue weighted by Gasteiger charge is -2.19. The molecule has 6 nitrogen and oxygen atoms in total. The minimum absolute atomic E-state index is 0.374. The van der Waals surface area contributed by atoms with Crippen molar-refractivity contribution in [3.8, 4) is 12.1 Å². The van der Waals surface area contributed by atoms with Crippen molar-refractivity contribution in [3.63, 3.8) is 0 Å². The van der Waals surface area contributed by atoms with Crippen LogP contribution in [-0.4, -0.2) is 24.6 Å². The summed E-state index contributed by atoms with van der Waals surface area (Å²) in [7, 11) is 1.25. The van der Waals surface area contributed by atoms with Crippen molar-refractivity contribution in [1.82, 2.24) is 0 Å². The second-order valence-corrected chi connectivity index (χ2v) is 6.96. The first-order valence-electron chi connectivity index (χ1n) is 8.41. The van der Waals surface area contributed by atoms with E-state index in [0.717, 1.165) is 5.56 Å². The van der Waals surface area contributed by atoms with Crippen LogP contribution in [0.5, 0.6) is 0 Å². The topological polar surface area (TPSA) is 100 Å². The Bertz CT molecular complexity index is 691. The molecule has 0 bridgehead atoms. The van der Waals surface area contributed by atoms with E-state index in [0.29, 0.717) is 24.8 Å². The van der Waals surface area contributed by atoms with Gasteiger partial charge in [0.05, 0.1) is 30.7 Å². The van der Waals surface area contributed by atoms with Gasteiger partial charge in [-0.15, -0.1) is 0 Å². The van der Waals surface area contributed by atoms with Gasteiger partial charge in [0.15, 0.2) is 0 Å². The summed E-state index contributed by atoms with van der Waals surface area (Å²) >= 11 is 0. The summed E-state index contributed by atoms with van der Waals surface area (Å²) in [5.41, 5.74) is 0.924. The summed E-state index contributed by atoms with van der Waals surface area (Å²) in [6.07, 6.45) is 1.66. The average molecular weight is 356 g/mol. The van der Waals surface area contributed by atoms with Gasteiger partial charge in [0, 0.05) is 0 Å². The highest BCUT2D eigenvalue weighted by Crippen LogP contribution is 2.21. The Morgan fingerprint density at radius 1 is 1.12 bits per heavy atom. The van der Waals surface area contributed by atoms with Gasteiger partial charge >= 0.3 is 11.9 Å². The zero-order valence-electron chi connectivity index (χ0n) is 15.6. The van der Waals surface area contributed by atoms with Crippen LogP contribution in [0.2, 0.25) is 0 Å². The van der Waals surface area contributed by atoms with Crippen LogP contribution in [0.25, 0.3) is 0 Å². The molecule has 1 rings (SSSR count). The lowest BCUT2D eigenvalue weighted by atomic mass is 9.89. The number of benzene rings is 1. The van der Waals surface area contributed by atoms with Gasteiger partial charge in [0.1, 0.15) is 11.5 Å². The van der Waals surface area contributed by atoms with E-state index in [1.54, 1.807) is 12.1 Å². The van der Waals surface area contributed by atoms with Crippen molar-refractivity contribution < 1.29 is 19.1 Å². The largest absolute Gasteiger partial charge is 0.469 e. The summed E-state index contributed by atoms with van der Waals surface area (Å²) in [6, 6.07) is 10.8. The van der Waals surface area contributed by atoms with Crippen molar-refractivity contribution in [1.29, 1.82) is 10.5 Å². The molecule has 0 spiro atoms.